The minimum Gasteiger partial charge on any atom is -0.395 e. The zero-order chi connectivity index (χ0) is 6.32. The quantitative estimate of drug-likeness (QED) is 0.523. The van der Waals surface area contributed by atoms with Crippen molar-refractivity contribution in [3.63, 3.8) is 0 Å². The van der Waals surface area contributed by atoms with Gasteiger partial charge in [-0.3, -0.25) is 0 Å². The molecule has 0 amide bonds. The van der Waals surface area contributed by atoms with E-state index in [1.54, 1.807) is 0 Å². The Balaban J connectivity index is 2.23. The highest BCUT2D eigenvalue weighted by atomic mass is 16.3. The monoisotopic (exact) mass is 124 g/mol. The highest BCUT2D eigenvalue weighted by Gasteiger charge is 2.39. The van der Waals surface area contributed by atoms with Crippen LogP contribution in [-0.2, 0) is 0 Å². The number of fused-ring (bicyclic) bond motifs is 2. The summed E-state index contributed by atoms with van der Waals surface area (Å²) in [6.45, 7) is 0.361. The molecule has 1 nitrogen and oxygen atoms in total. The van der Waals surface area contributed by atoms with Gasteiger partial charge in [0, 0.05) is 5.41 Å². The smallest absolute Gasteiger partial charge is 0.0522 e. The number of rotatable bonds is 1. The minimum absolute atomic E-state index is 0.227. The summed E-state index contributed by atoms with van der Waals surface area (Å²) in [7, 11) is 0. The number of aliphatic hydroxyl groups is 1. The molecular formula is C8H12O. The highest BCUT2D eigenvalue weighted by Crippen LogP contribution is 2.48. The summed E-state index contributed by atoms with van der Waals surface area (Å²) in [6.07, 6.45) is 8.20. The zero-order valence-corrected chi connectivity index (χ0v) is 5.51. The standard InChI is InChI=1S/C8H12O/c9-6-8-3-1-7(5-8)2-4-8/h1,3,7,9H,2,4-6H2/t7-,8-/m0/s1. The van der Waals surface area contributed by atoms with Crippen LogP contribution in [0.15, 0.2) is 12.2 Å². The number of allylic oxidation sites excluding steroid dienone is 1. The molecule has 2 aliphatic rings. The molecule has 0 aliphatic heterocycles. The second-order valence-corrected chi connectivity index (χ2v) is 3.38. The van der Waals surface area contributed by atoms with E-state index in [2.05, 4.69) is 12.2 Å². The van der Waals surface area contributed by atoms with Crippen molar-refractivity contribution in [3.05, 3.63) is 12.2 Å². The van der Waals surface area contributed by atoms with Crippen molar-refractivity contribution in [1.29, 1.82) is 0 Å². The van der Waals surface area contributed by atoms with Crippen molar-refractivity contribution in [2.45, 2.75) is 19.3 Å². The molecule has 0 spiro atoms. The molecule has 0 aromatic rings. The van der Waals surface area contributed by atoms with Crippen molar-refractivity contribution in [1.82, 2.24) is 0 Å². The molecule has 0 heterocycles. The van der Waals surface area contributed by atoms with E-state index in [1.165, 1.54) is 19.3 Å². The van der Waals surface area contributed by atoms with Crippen LogP contribution in [-0.4, -0.2) is 11.7 Å². The van der Waals surface area contributed by atoms with Gasteiger partial charge in [-0.25, -0.2) is 0 Å². The lowest BCUT2D eigenvalue weighted by atomic mass is 9.89. The van der Waals surface area contributed by atoms with Gasteiger partial charge in [-0.1, -0.05) is 12.2 Å². The van der Waals surface area contributed by atoms with Gasteiger partial charge >= 0.3 is 0 Å². The molecule has 0 radical (unpaired) electrons. The first-order valence-corrected chi connectivity index (χ1v) is 3.65. The van der Waals surface area contributed by atoms with E-state index < -0.39 is 0 Å². The molecule has 2 rings (SSSR count). The molecule has 0 aromatic heterocycles. The summed E-state index contributed by atoms with van der Waals surface area (Å²) in [5, 5.41) is 8.99. The van der Waals surface area contributed by atoms with Crippen LogP contribution >= 0.6 is 0 Å². The molecule has 0 aromatic carbocycles. The van der Waals surface area contributed by atoms with Crippen molar-refractivity contribution in [3.8, 4) is 0 Å². The van der Waals surface area contributed by atoms with Crippen LogP contribution in [0.2, 0.25) is 0 Å². The molecule has 1 saturated carbocycles. The fourth-order valence-corrected chi connectivity index (χ4v) is 2.05. The van der Waals surface area contributed by atoms with Gasteiger partial charge in [-0.15, -0.1) is 0 Å². The summed E-state index contributed by atoms with van der Waals surface area (Å²) in [6, 6.07) is 0. The lowest BCUT2D eigenvalue weighted by Gasteiger charge is -2.18. The lowest BCUT2D eigenvalue weighted by molar-refractivity contribution is 0.177. The second-order valence-electron chi connectivity index (χ2n) is 3.38. The summed E-state index contributed by atoms with van der Waals surface area (Å²) in [4.78, 5) is 0. The van der Waals surface area contributed by atoms with Gasteiger partial charge in [-0.05, 0) is 25.2 Å². The van der Waals surface area contributed by atoms with E-state index in [1.807, 2.05) is 0 Å². The molecule has 1 fully saturated rings. The highest BCUT2D eigenvalue weighted by molar-refractivity contribution is 5.15. The fraction of sp³-hybridized carbons (Fsp3) is 0.750. The SMILES string of the molecule is OC[C@@]12C=C[C@@H](CC1)C2. The topological polar surface area (TPSA) is 20.2 Å². The van der Waals surface area contributed by atoms with Crippen LogP contribution in [0, 0.1) is 11.3 Å². The lowest BCUT2D eigenvalue weighted by Crippen LogP contribution is -2.16. The Bertz CT molecular complexity index is 151. The van der Waals surface area contributed by atoms with E-state index in [9.17, 15) is 0 Å². The zero-order valence-electron chi connectivity index (χ0n) is 5.51. The first-order chi connectivity index (χ1) is 4.35. The Kier molecular flexibility index (Phi) is 0.974. The molecule has 50 valence electrons. The number of aliphatic hydroxyl groups excluding tert-OH is 1. The summed E-state index contributed by atoms with van der Waals surface area (Å²) < 4.78 is 0. The van der Waals surface area contributed by atoms with E-state index in [0.29, 0.717) is 6.61 Å². The molecule has 0 unspecified atom stereocenters. The Labute approximate surface area is 55.4 Å². The van der Waals surface area contributed by atoms with Crippen molar-refractivity contribution < 1.29 is 5.11 Å². The summed E-state index contributed by atoms with van der Waals surface area (Å²) >= 11 is 0. The van der Waals surface area contributed by atoms with Gasteiger partial charge in [0.1, 0.15) is 0 Å². The van der Waals surface area contributed by atoms with Gasteiger partial charge in [0.05, 0.1) is 6.61 Å². The van der Waals surface area contributed by atoms with Crippen LogP contribution in [0.4, 0.5) is 0 Å². The third-order valence-electron chi connectivity index (χ3n) is 2.72. The van der Waals surface area contributed by atoms with Crippen molar-refractivity contribution in [2.75, 3.05) is 6.61 Å². The maximum absolute atomic E-state index is 8.99. The van der Waals surface area contributed by atoms with E-state index >= 15 is 0 Å². The average molecular weight is 124 g/mol. The van der Waals surface area contributed by atoms with Gasteiger partial charge in [-0.2, -0.15) is 0 Å². The first-order valence-electron chi connectivity index (χ1n) is 3.65. The predicted molar refractivity (Wildman–Crippen MR) is 36.0 cm³/mol. The summed E-state index contributed by atoms with van der Waals surface area (Å²) in [5.41, 5.74) is 0.227. The minimum atomic E-state index is 0.227. The van der Waals surface area contributed by atoms with Gasteiger partial charge in [0.2, 0.25) is 0 Å². The van der Waals surface area contributed by atoms with Crippen LogP contribution in [0.25, 0.3) is 0 Å². The van der Waals surface area contributed by atoms with Gasteiger partial charge in [0.15, 0.2) is 0 Å². The van der Waals surface area contributed by atoms with E-state index in [0.717, 1.165) is 5.92 Å². The van der Waals surface area contributed by atoms with Gasteiger partial charge in [0.25, 0.3) is 0 Å². The van der Waals surface area contributed by atoms with Crippen LogP contribution in [0.5, 0.6) is 0 Å². The number of hydrogen-bond donors (Lipinski definition) is 1. The molecule has 2 aliphatic carbocycles. The Hall–Kier alpha value is -0.300. The summed E-state index contributed by atoms with van der Waals surface area (Å²) in [5.74, 6) is 0.803. The van der Waals surface area contributed by atoms with Crippen LogP contribution in [0.1, 0.15) is 19.3 Å². The van der Waals surface area contributed by atoms with Crippen molar-refractivity contribution in [2.24, 2.45) is 11.3 Å². The molecule has 2 bridgehead atoms. The average Bonchev–Trinajstić information content (AvgIpc) is 2.46. The molecule has 2 atom stereocenters. The molecule has 1 N–H and O–H groups in total. The van der Waals surface area contributed by atoms with Gasteiger partial charge < -0.3 is 5.11 Å². The van der Waals surface area contributed by atoms with Crippen LogP contribution < -0.4 is 0 Å². The predicted octanol–water partition coefficient (Wildman–Crippen LogP) is 1.33. The fourth-order valence-electron chi connectivity index (χ4n) is 2.05. The Morgan fingerprint density at radius 1 is 1.67 bits per heavy atom. The van der Waals surface area contributed by atoms with Crippen LogP contribution in [0.3, 0.4) is 0 Å². The molecule has 9 heavy (non-hydrogen) atoms. The normalized spacial score (nSPS) is 46.6. The maximum atomic E-state index is 8.99. The van der Waals surface area contributed by atoms with Crippen molar-refractivity contribution >= 4 is 0 Å². The first kappa shape index (κ1) is 5.48. The third-order valence-corrected chi connectivity index (χ3v) is 2.72. The Morgan fingerprint density at radius 2 is 2.56 bits per heavy atom. The second kappa shape index (κ2) is 1.60. The molecule has 0 saturated heterocycles. The third kappa shape index (κ3) is 0.645. The number of hydrogen-bond acceptors (Lipinski definition) is 1. The largest absolute Gasteiger partial charge is 0.395 e. The van der Waals surface area contributed by atoms with E-state index in [4.69, 9.17) is 5.11 Å². The molecular weight excluding hydrogens is 112 g/mol. The molecule has 1 heteroatoms. The Morgan fingerprint density at radius 3 is 2.78 bits per heavy atom. The van der Waals surface area contributed by atoms with E-state index in [-0.39, 0.29) is 5.41 Å². The maximum Gasteiger partial charge on any atom is 0.0522 e.